The minimum absolute atomic E-state index is 0.620. The summed E-state index contributed by atoms with van der Waals surface area (Å²) >= 11 is 0. The average Bonchev–Trinajstić information content (AvgIpc) is 3.43. The lowest BCUT2D eigenvalue weighted by atomic mass is 10.1. The number of pyridine rings is 4. The van der Waals surface area contributed by atoms with E-state index in [-0.39, 0.29) is 0 Å². The molecule has 0 aliphatic carbocycles. The standard InChI is InChI=1S/C22H14N8/c1-2-7-24-17(3-1)15-6-10-25-21-18(15)27-22(28-21)19-16-11-14(12-26-20(16)30-29-19)13-4-8-23-9-5-13/h1-12H,(H,25,27,28)(H,26,29,30). The van der Waals surface area contributed by atoms with Gasteiger partial charge in [0.2, 0.25) is 0 Å². The molecule has 0 aliphatic heterocycles. The number of rotatable bonds is 3. The molecule has 0 amide bonds. The summed E-state index contributed by atoms with van der Waals surface area (Å²) in [7, 11) is 0. The molecular weight excluding hydrogens is 376 g/mol. The van der Waals surface area contributed by atoms with Gasteiger partial charge in [-0.3, -0.25) is 15.1 Å². The Hall–Kier alpha value is -4.46. The molecule has 0 saturated carbocycles. The third-order valence-electron chi connectivity index (χ3n) is 4.99. The van der Waals surface area contributed by atoms with Gasteiger partial charge in [0, 0.05) is 42.1 Å². The lowest BCUT2D eigenvalue weighted by molar-refractivity contribution is 1.09. The molecule has 0 radical (unpaired) electrons. The van der Waals surface area contributed by atoms with Crippen LogP contribution in [0.3, 0.4) is 0 Å². The number of imidazole rings is 1. The van der Waals surface area contributed by atoms with E-state index >= 15 is 0 Å². The van der Waals surface area contributed by atoms with Gasteiger partial charge in [0.15, 0.2) is 17.1 Å². The lowest BCUT2D eigenvalue weighted by Gasteiger charge is -2.01. The zero-order valence-electron chi connectivity index (χ0n) is 15.6. The predicted octanol–water partition coefficient (Wildman–Crippen LogP) is 4.02. The van der Waals surface area contributed by atoms with E-state index in [0.29, 0.717) is 17.1 Å². The highest BCUT2D eigenvalue weighted by Gasteiger charge is 2.16. The molecule has 30 heavy (non-hydrogen) atoms. The molecule has 6 aromatic heterocycles. The number of nitrogens with one attached hydrogen (secondary N) is 2. The van der Waals surface area contributed by atoms with E-state index in [1.807, 2.05) is 42.6 Å². The van der Waals surface area contributed by atoms with E-state index in [4.69, 9.17) is 4.98 Å². The third kappa shape index (κ3) is 2.62. The molecule has 0 bridgehead atoms. The Bertz CT molecular complexity index is 1490. The van der Waals surface area contributed by atoms with Crippen LogP contribution < -0.4 is 0 Å². The summed E-state index contributed by atoms with van der Waals surface area (Å²) in [5.41, 5.74) is 6.65. The van der Waals surface area contributed by atoms with Gasteiger partial charge in [-0.2, -0.15) is 5.10 Å². The molecule has 142 valence electrons. The van der Waals surface area contributed by atoms with Crippen LogP contribution in [0.5, 0.6) is 0 Å². The highest BCUT2D eigenvalue weighted by Crippen LogP contribution is 2.31. The van der Waals surface area contributed by atoms with E-state index in [2.05, 4.69) is 41.2 Å². The Morgan fingerprint density at radius 2 is 1.70 bits per heavy atom. The molecule has 8 nitrogen and oxygen atoms in total. The summed E-state index contributed by atoms with van der Waals surface area (Å²) in [4.78, 5) is 25.5. The van der Waals surface area contributed by atoms with Crippen LogP contribution in [0.1, 0.15) is 0 Å². The van der Waals surface area contributed by atoms with E-state index < -0.39 is 0 Å². The van der Waals surface area contributed by atoms with E-state index in [1.165, 1.54) is 0 Å². The number of hydrogen-bond acceptors (Lipinski definition) is 6. The Morgan fingerprint density at radius 3 is 2.57 bits per heavy atom. The van der Waals surface area contributed by atoms with Crippen LogP contribution in [0.15, 0.2) is 73.4 Å². The van der Waals surface area contributed by atoms with Crippen LogP contribution in [0.2, 0.25) is 0 Å². The molecule has 0 spiro atoms. The van der Waals surface area contributed by atoms with Crippen LogP contribution in [0.25, 0.3) is 56.1 Å². The number of aromatic amines is 2. The summed E-state index contributed by atoms with van der Waals surface area (Å²) in [5, 5.41) is 8.28. The molecule has 0 fully saturated rings. The fourth-order valence-electron chi connectivity index (χ4n) is 3.55. The molecule has 0 aromatic carbocycles. The fraction of sp³-hybridized carbons (Fsp3) is 0. The van der Waals surface area contributed by atoms with Gasteiger partial charge in [-0.15, -0.1) is 0 Å². The highest BCUT2D eigenvalue weighted by molar-refractivity contribution is 5.95. The molecule has 0 saturated heterocycles. The van der Waals surface area contributed by atoms with Crippen molar-refractivity contribution in [2.24, 2.45) is 0 Å². The summed E-state index contributed by atoms with van der Waals surface area (Å²) < 4.78 is 0. The second kappa shape index (κ2) is 6.56. The maximum absolute atomic E-state index is 4.69. The van der Waals surface area contributed by atoms with Gasteiger partial charge >= 0.3 is 0 Å². The van der Waals surface area contributed by atoms with Gasteiger partial charge in [0.1, 0.15) is 5.69 Å². The van der Waals surface area contributed by atoms with Crippen LogP contribution in [0.4, 0.5) is 0 Å². The van der Waals surface area contributed by atoms with Gasteiger partial charge in [-0.05, 0) is 42.0 Å². The van der Waals surface area contributed by atoms with Crippen LogP contribution in [0, 0.1) is 0 Å². The Morgan fingerprint density at radius 1 is 0.767 bits per heavy atom. The molecule has 8 heteroatoms. The first-order valence-corrected chi connectivity index (χ1v) is 9.38. The Balaban J connectivity index is 1.52. The van der Waals surface area contributed by atoms with Gasteiger partial charge < -0.3 is 4.98 Å². The van der Waals surface area contributed by atoms with Crippen molar-refractivity contribution in [1.29, 1.82) is 0 Å². The summed E-state index contributed by atoms with van der Waals surface area (Å²) in [5.74, 6) is 0.650. The maximum atomic E-state index is 4.69. The van der Waals surface area contributed by atoms with E-state index in [1.54, 1.807) is 24.8 Å². The monoisotopic (exact) mass is 390 g/mol. The van der Waals surface area contributed by atoms with Gasteiger partial charge in [-0.1, -0.05) is 6.07 Å². The Kier molecular flexibility index (Phi) is 3.60. The smallest absolute Gasteiger partial charge is 0.181 e. The summed E-state index contributed by atoms with van der Waals surface area (Å²) in [6.45, 7) is 0. The average molecular weight is 390 g/mol. The van der Waals surface area contributed by atoms with Crippen molar-refractivity contribution < 1.29 is 0 Å². The lowest BCUT2D eigenvalue weighted by Crippen LogP contribution is -1.85. The minimum atomic E-state index is 0.620. The maximum Gasteiger partial charge on any atom is 0.181 e. The van der Waals surface area contributed by atoms with Crippen molar-refractivity contribution in [2.75, 3.05) is 0 Å². The third-order valence-corrected chi connectivity index (χ3v) is 4.99. The minimum Gasteiger partial charge on any atom is -0.335 e. The van der Waals surface area contributed by atoms with Crippen molar-refractivity contribution in [3.63, 3.8) is 0 Å². The van der Waals surface area contributed by atoms with Crippen molar-refractivity contribution in [2.45, 2.75) is 0 Å². The van der Waals surface area contributed by atoms with Crippen molar-refractivity contribution in [3.05, 3.63) is 73.4 Å². The zero-order valence-corrected chi connectivity index (χ0v) is 15.6. The highest BCUT2D eigenvalue weighted by atomic mass is 15.2. The number of hydrogen-bond donors (Lipinski definition) is 2. The number of H-pyrrole nitrogens is 2. The van der Waals surface area contributed by atoms with Crippen molar-refractivity contribution in [3.8, 4) is 33.9 Å². The summed E-state index contributed by atoms with van der Waals surface area (Å²) in [6.07, 6.45) is 8.85. The number of aromatic nitrogens is 8. The zero-order chi connectivity index (χ0) is 19.9. The van der Waals surface area contributed by atoms with Gasteiger partial charge in [0.05, 0.1) is 16.6 Å². The molecule has 6 rings (SSSR count). The normalized spacial score (nSPS) is 11.3. The molecule has 2 N–H and O–H groups in total. The Labute approximate surface area is 170 Å². The second-order valence-corrected chi connectivity index (χ2v) is 6.79. The molecule has 6 aromatic rings. The van der Waals surface area contributed by atoms with Crippen molar-refractivity contribution >= 4 is 22.2 Å². The molecule has 0 unspecified atom stereocenters. The SMILES string of the molecule is c1ccc(-c2ccnc3nc(-c4[nH]nc5ncc(-c6ccncc6)cc45)[nH]c23)nc1. The van der Waals surface area contributed by atoms with Gasteiger partial charge in [-0.25, -0.2) is 15.0 Å². The molecular formula is C22H14N8. The van der Waals surface area contributed by atoms with E-state index in [0.717, 1.165) is 39.0 Å². The topological polar surface area (TPSA) is 109 Å². The first kappa shape index (κ1) is 16.5. The molecule has 0 aliphatic rings. The predicted molar refractivity (Wildman–Crippen MR) is 113 cm³/mol. The summed E-state index contributed by atoms with van der Waals surface area (Å²) in [6, 6.07) is 13.7. The van der Waals surface area contributed by atoms with Crippen LogP contribution in [-0.4, -0.2) is 40.1 Å². The van der Waals surface area contributed by atoms with E-state index in [9.17, 15) is 0 Å². The quantitative estimate of drug-likeness (QED) is 0.472. The van der Waals surface area contributed by atoms with Crippen LogP contribution >= 0.6 is 0 Å². The second-order valence-electron chi connectivity index (χ2n) is 6.79. The first-order valence-electron chi connectivity index (χ1n) is 9.38. The van der Waals surface area contributed by atoms with Crippen molar-refractivity contribution in [1.82, 2.24) is 40.1 Å². The molecule has 0 atom stereocenters. The number of fused-ring (bicyclic) bond motifs is 2. The van der Waals surface area contributed by atoms with Crippen LogP contribution in [-0.2, 0) is 0 Å². The van der Waals surface area contributed by atoms with Gasteiger partial charge in [0.25, 0.3) is 0 Å². The first-order chi connectivity index (χ1) is 14.9. The fourth-order valence-corrected chi connectivity index (χ4v) is 3.55. The number of nitrogens with zero attached hydrogens (tertiary/aromatic N) is 6. The largest absolute Gasteiger partial charge is 0.335 e. The molecule has 6 heterocycles.